The number of hydrogen-bond donors (Lipinski definition) is 1. The number of anilines is 1. The third-order valence-electron chi connectivity index (χ3n) is 2.71. The van der Waals surface area contributed by atoms with Gasteiger partial charge in [-0.2, -0.15) is 5.10 Å². The van der Waals surface area contributed by atoms with Gasteiger partial charge in [0.15, 0.2) is 0 Å². The summed E-state index contributed by atoms with van der Waals surface area (Å²) in [6.45, 7) is 3.27. The van der Waals surface area contributed by atoms with E-state index in [2.05, 4.69) is 15.4 Å². The van der Waals surface area contributed by atoms with E-state index in [9.17, 15) is 10.1 Å². The molecule has 0 bridgehead atoms. The largest absolute Gasteiger partial charge is 0.370 e. The van der Waals surface area contributed by atoms with Gasteiger partial charge in [-0.15, -0.1) is 0 Å². The Morgan fingerprint density at radius 1 is 1.53 bits per heavy atom. The van der Waals surface area contributed by atoms with Crippen molar-refractivity contribution in [2.45, 2.75) is 19.9 Å². The summed E-state index contributed by atoms with van der Waals surface area (Å²) < 4.78 is 1.86. The molecule has 0 atom stereocenters. The molecule has 0 unspecified atom stereocenters. The quantitative estimate of drug-likeness (QED) is 0.488. The molecule has 0 spiro atoms. The van der Waals surface area contributed by atoms with Crippen LogP contribution in [0.4, 0.5) is 11.5 Å². The average Bonchev–Trinajstić information content (AvgIpc) is 2.87. The lowest BCUT2D eigenvalue weighted by Gasteiger charge is -2.06. The van der Waals surface area contributed by atoms with E-state index in [1.165, 1.54) is 6.20 Å². The first-order valence-corrected chi connectivity index (χ1v) is 5.99. The van der Waals surface area contributed by atoms with Crippen molar-refractivity contribution in [3.8, 4) is 0 Å². The van der Waals surface area contributed by atoms with Crippen molar-refractivity contribution in [3.63, 3.8) is 0 Å². The molecule has 0 radical (unpaired) electrons. The second kappa shape index (κ2) is 5.94. The van der Waals surface area contributed by atoms with E-state index >= 15 is 0 Å². The number of hydrogen-bond acceptors (Lipinski definition) is 5. The van der Waals surface area contributed by atoms with Crippen LogP contribution in [0.15, 0.2) is 30.7 Å². The molecule has 100 valence electrons. The zero-order valence-electron chi connectivity index (χ0n) is 10.6. The Morgan fingerprint density at radius 2 is 2.37 bits per heavy atom. The van der Waals surface area contributed by atoms with Crippen LogP contribution in [0.25, 0.3) is 0 Å². The molecule has 0 aromatic carbocycles. The van der Waals surface area contributed by atoms with E-state index in [4.69, 9.17) is 0 Å². The number of aryl methyl sites for hydroxylation is 2. The minimum absolute atomic E-state index is 0.0436. The summed E-state index contributed by atoms with van der Waals surface area (Å²) >= 11 is 0. The van der Waals surface area contributed by atoms with Crippen LogP contribution in [-0.4, -0.2) is 26.2 Å². The molecule has 0 amide bonds. The fourth-order valence-electron chi connectivity index (χ4n) is 1.73. The molecule has 0 saturated heterocycles. The van der Waals surface area contributed by atoms with Crippen molar-refractivity contribution < 1.29 is 4.92 Å². The van der Waals surface area contributed by atoms with Gasteiger partial charge in [-0.05, 0) is 25.5 Å². The highest BCUT2D eigenvalue weighted by molar-refractivity contribution is 5.46. The maximum absolute atomic E-state index is 10.7. The van der Waals surface area contributed by atoms with E-state index in [1.54, 1.807) is 19.2 Å². The van der Waals surface area contributed by atoms with E-state index in [-0.39, 0.29) is 5.69 Å². The molecule has 7 heteroatoms. The first kappa shape index (κ1) is 13.0. The van der Waals surface area contributed by atoms with Crippen LogP contribution in [0.5, 0.6) is 0 Å². The molecule has 0 aliphatic carbocycles. The van der Waals surface area contributed by atoms with Gasteiger partial charge in [0.05, 0.1) is 4.92 Å². The van der Waals surface area contributed by atoms with Crippen LogP contribution in [0.1, 0.15) is 12.0 Å². The molecule has 0 saturated carbocycles. The molecule has 0 aliphatic heterocycles. The van der Waals surface area contributed by atoms with Crippen molar-refractivity contribution in [2.24, 2.45) is 0 Å². The zero-order valence-corrected chi connectivity index (χ0v) is 10.6. The highest BCUT2D eigenvalue weighted by Crippen LogP contribution is 2.18. The van der Waals surface area contributed by atoms with Gasteiger partial charge >= 0.3 is 0 Å². The lowest BCUT2D eigenvalue weighted by Crippen LogP contribution is -2.08. The summed E-state index contributed by atoms with van der Waals surface area (Å²) in [6.07, 6.45) is 5.84. The molecule has 7 nitrogen and oxygen atoms in total. The van der Waals surface area contributed by atoms with Crippen molar-refractivity contribution >= 4 is 11.5 Å². The Hall–Kier alpha value is -2.44. The van der Waals surface area contributed by atoms with Crippen LogP contribution in [0, 0.1) is 17.0 Å². The maximum Gasteiger partial charge on any atom is 0.290 e. The van der Waals surface area contributed by atoms with Gasteiger partial charge in [0, 0.05) is 31.0 Å². The highest BCUT2D eigenvalue weighted by atomic mass is 16.6. The summed E-state index contributed by atoms with van der Waals surface area (Å²) in [5.41, 5.74) is 0.650. The third-order valence-corrected chi connectivity index (χ3v) is 2.71. The topological polar surface area (TPSA) is 85.9 Å². The predicted molar refractivity (Wildman–Crippen MR) is 71.0 cm³/mol. The minimum Gasteiger partial charge on any atom is -0.370 e. The Labute approximate surface area is 110 Å². The molecule has 2 rings (SSSR count). The third kappa shape index (κ3) is 3.51. The molecule has 2 heterocycles. The maximum atomic E-state index is 10.7. The van der Waals surface area contributed by atoms with E-state index in [0.29, 0.717) is 11.4 Å². The average molecular weight is 261 g/mol. The fourth-order valence-corrected chi connectivity index (χ4v) is 1.73. The monoisotopic (exact) mass is 261 g/mol. The molecule has 2 aromatic rings. The number of nitrogens with zero attached hydrogens (tertiary/aromatic N) is 4. The summed E-state index contributed by atoms with van der Waals surface area (Å²) in [6, 6.07) is 3.57. The summed E-state index contributed by atoms with van der Waals surface area (Å²) in [4.78, 5) is 14.3. The Bertz CT molecular complexity index is 553. The summed E-state index contributed by atoms with van der Waals surface area (Å²) in [5.74, 6) is 0.656. The van der Waals surface area contributed by atoms with E-state index in [1.807, 2.05) is 16.9 Å². The van der Waals surface area contributed by atoms with Gasteiger partial charge in [0.25, 0.3) is 5.69 Å². The van der Waals surface area contributed by atoms with Crippen LogP contribution < -0.4 is 5.32 Å². The predicted octanol–water partition coefficient (Wildman–Crippen LogP) is 2.00. The summed E-state index contributed by atoms with van der Waals surface area (Å²) in [7, 11) is 0. The molecular formula is C12H15N5O2. The highest BCUT2D eigenvalue weighted by Gasteiger charge is 2.10. The van der Waals surface area contributed by atoms with E-state index < -0.39 is 4.92 Å². The van der Waals surface area contributed by atoms with Crippen molar-refractivity contribution in [1.29, 1.82) is 0 Å². The Balaban J connectivity index is 1.83. The molecular weight excluding hydrogens is 246 g/mol. The van der Waals surface area contributed by atoms with Crippen LogP contribution >= 0.6 is 0 Å². The van der Waals surface area contributed by atoms with Gasteiger partial charge in [0.2, 0.25) is 0 Å². The van der Waals surface area contributed by atoms with Crippen LogP contribution in [0.2, 0.25) is 0 Å². The van der Waals surface area contributed by atoms with Crippen molar-refractivity contribution in [2.75, 3.05) is 11.9 Å². The molecule has 0 fully saturated rings. The number of aromatic nitrogens is 3. The smallest absolute Gasteiger partial charge is 0.290 e. The lowest BCUT2D eigenvalue weighted by atomic mass is 10.2. The number of pyridine rings is 1. The normalized spacial score (nSPS) is 10.4. The molecule has 0 aliphatic rings. The minimum atomic E-state index is -0.427. The van der Waals surface area contributed by atoms with Crippen molar-refractivity contribution in [3.05, 3.63) is 46.4 Å². The van der Waals surface area contributed by atoms with Gasteiger partial charge in [-0.1, -0.05) is 0 Å². The first-order chi connectivity index (χ1) is 9.16. The van der Waals surface area contributed by atoms with Crippen molar-refractivity contribution in [1.82, 2.24) is 14.8 Å². The first-order valence-electron chi connectivity index (χ1n) is 5.99. The van der Waals surface area contributed by atoms with Gasteiger partial charge < -0.3 is 5.32 Å². The zero-order chi connectivity index (χ0) is 13.7. The van der Waals surface area contributed by atoms with Crippen LogP contribution in [-0.2, 0) is 6.54 Å². The molecule has 1 N–H and O–H groups in total. The summed E-state index contributed by atoms with van der Waals surface area (Å²) in [5, 5.41) is 17.9. The van der Waals surface area contributed by atoms with Crippen LogP contribution in [0.3, 0.4) is 0 Å². The second-order valence-electron chi connectivity index (χ2n) is 4.16. The van der Waals surface area contributed by atoms with Gasteiger partial charge in [0.1, 0.15) is 12.0 Å². The fraction of sp³-hybridized carbons (Fsp3) is 0.333. The second-order valence-corrected chi connectivity index (χ2v) is 4.16. The number of nitrogens with one attached hydrogen (secondary N) is 1. The van der Waals surface area contributed by atoms with Gasteiger partial charge in [-0.3, -0.25) is 14.8 Å². The van der Waals surface area contributed by atoms with Gasteiger partial charge in [-0.25, -0.2) is 4.98 Å². The lowest BCUT2D eigenvalue weighted by molar-refractivity contribution is -0.385. The Morgan fingerprint density at radius 3 is 3.00 bits per heavy atom. The number of nitro groups is 1. The number of rotatable bonds is 6. The standard InChI is InChI=1S/C12H15N5O2/c1-10-8-12(14-9-11(10)17(18)19)13-4-2-6-16-7-3-5-15-16/h3,5,7-9H,2,4,6H2,1H3,(H,13,14). The Kier molecular flexibility index (Phi) is 4.07. The van der Waals surface area contributed by atoms with E-state index in [0.717, 1.165) is 19.5 Å². The molecule has 2 aromatic heterocycles. The molecule has 19 heavy (non-hydrogen) atoms. The SMILES string of the molecule is Cc1cc(NCCCn2cccn2)ncc1[N+](=O)[O-].